The SMILES string of the molecule is Nc1cc(F)c(Sc2ncco2)c(F)c1. The van der Waals surface area contributed by atoms with E-state index in [1.165, 1.54) is 12.5 Å². The Balaban J connectivity index is 2.36. The molecular formula is C9H6F2N2OS. The molecule has 0 radical (unpaired) electrons. The summed E-state index contributed by atoms with van der Waals surface area (Å²) in [6, 6.07) is 2.10. The molecule has 0 aliphatic carbocycles. The lowest BCUT2D eigenvalue weighted by molar-refractivity contribution is 0.452. The fourth-order valence-corrected chi connectivity index (χ4v) is 1.73. The minimum absolute atomic E-state index is 0.0433. The third-order valence-electron chi connectivity index (χ3n) is 1.62. The van der Waals surface area contributed by atoms with Crippen molar-refractivity contribution >= 4 is 17.4 Å². The van der Waals surface area contributed by atoms with Gasteiger partial charge in [0, 0.05) is 5.69 Å². The third kappa shape index (κ3) is 2.10. The molecule has 2 aromatic rings. The highest BCUT2D eigenvalue weighted by Crippen LogP contribution is 2.31. The number of benzene rings is 1. The molecule has 1 heterocycles. The van der Waals surface area contributed by atoms with Crippen LogP contribution in [0.2, 0.25) is 0 Å². The van der Waals surface area contributed by atoms with Crippen LogP contribution in [0.3, 0.4) is 0 Å². The monoisotopic (exact) mass is 228 g/mol. The zero-order chi connectivity index (χ0) is 10.8. The molecule has 6 heteroatoms. The number of rotatable bonds is 2. The van der Waals surface area contributed by atoms with Crippen LogP contribution in [0.5, 0.6) is 0 Å². The standard InChI is InChI=1S/C9H6F2N2OS/c10-6-3-5(12)4-7(11)8(6)15-9-13-1-2-14-9/h1-4H,12H2. The molecule has 3 nitrogen and oxygen atoms in total. The quantitative estimate of drug-likeness (QED) is 0.803. The molecule has 0 amide bonds. The Hall–Kier alpha value is -1.56. The van der Waals surface area contributed by atoms with Gasteiger partial charge in [0.2, 0.25) is 0 Å². The summed E-state index contributed by atoms with van der Waals surface area (Å²) in [5, 5.41) is 0.178. The molecule has 2 rings (SSSR count). The Morgan fingerprint density at radius 3 is 2.47 bits per heavy atom. The van der Waals surface area contributed by atoms with Crippen molar-refractivity contribution < 1.29 is 13.2 Å². The van der Waals surface area contributed by atoms with Crippen molar-refractivity contribution in [2.45, 2.75) is 10.1 Å². The number of nitrogens with zero attached hydrogens (tertiary/aromatic N) is 1. The Morgan fingerprint density at radius 2 is 1.93 bits per heavy atom. The van der Waals surface area contributed by atoms with Gasteiger partial charge in [0.1, 0.15) is 17.9 Å². The summed E-state index contributed by atoms with van der Waals surface area (Å²) in [4.78, 5) is 3.57. The summed E-state index contributed by atoms with van der Waals surface area (Å²) in [6.07, 6.45) is 2.73. The number of hydrogen-bond acceptors (Lipinski definition) is 4. The zero-order valence-corrected chi connectivity index (χ0v) is 8.22. The lowest BCUT2D eigenvalue weighted by Gasteiger charge is -2.02. The number of hydrogen-bond donors (Lipinski definition) is 1. The van der Waals surface area contributed by atoms with Gasteiger partial charge >= 0.3 is 0 Å². The van der Waals surface area contributed by atoms with E-state index < -0.39 is 11.6 Å². The Bertz CT molecular complexity index is 450. The molecule has 2 N–H and O–H groups in total. The van der Waals surface area contributed by atoms with Crippen molar-refractivity contribution in [3.8, 4) is 0 Å². The van der Waals surface area contributed by atoms with Gasteiger partial charge in [-0.3, -0.25) is 0 Å². The highest BCUT2D eigenvalue weighted by Gasteiger charge is 2.13. The van der Waals surface area contributed by atoms with E-state index in [9.17, 15) is 8.78 Å². The van der Waals surface area contributed by atoms with Crippen molar-refractivity contribution in [2.75, 3.05) is 5.73 Å². The van der Waals surface area contributed by atoms with Crippen LogP contribution in [0.25, 0.3) is 0 Å². The van der Waals surface area contributed by atoms with Gasteiger partial charge in [0.15, 0.2) is 0 Å². The van der Waals surface area contributed by atoms with Gasteiger partial charge < -0.3 is 10.2 Å². The van der Waals surface area contributed by atoms with Crippen molar-refractivity contribution in [2.24, 2.45) is 0 Å². The predicted octanol–water partition coefficient (Wildman–Crippen LogP) is 2.69. The van der Waals surface area contributed by atoms with Gasteiger partial charge in [0.25, 0.3) is 5.22 Å². The van der Waals surface area contributed by atoms with Crippen LogP contribution in [0.15, 0.2) is 39.1 Å². The second-order valence-corrected chi connectivity index (χ2v) is 3.68. The summed E-state index contributed by atoms with van der Waals surface area (Å²) in [5.41, 5.74) is 5.32. The van der Waals surface area contributed by atoms with Crippen molar-refractivity contribution in [3.05, 3.63) is 36.2 Å². The molecule has 0 saturated heterocycles. The largest absolute Gasteiger partial charge is 0.440 e. The normalized spacial score (nSPS) is 10.5. The molecule has 0 aliphatic rings. The van der Waals surface area contributed by atoms with E-state index in [0.29, 0.717) is 0 Å². The lowest BCUT2D eigenvalue weighted by Crippen LogP contribution is -1.92. The smallest absolute Gasteiger partial charge is 0.260 e. The fourth-order valence-electron chi connectivity index (χ4n) is 1.03. The first-order valence-electron chi connectivity index (χ1n) is 3.98. The Labute approximate surface area is 88.3 Å². The third-order valence-corrected chi connectivity index (χ3v) is 2.59. The summed E-state index contributed by atoms with van der Waals surface area (Å²) < 4.78 is 31.5. The zero-order valence-electron chi connectivity index (χ0n) is 7.41. The second kappa shape index (κ2) is 3.90. The van der Waals surface area contributed by atoms with Crippen LogP contribution >= 0.6 is 11.8 Å². The minimum Gasteiger partial charge on any atom is -0.440 e. The highest BCUT2D eigenvalue weighted by atomic mass is 32.2. The maximum atomic E-state index is 13.3. The Morgan fingerprint density at radius 1 is 1.27 bits per heavy atom. The van der Waals surface area contributed by atoms with Gasteiger partial charge in [-0.1, -0.05) is 0 Å². The first kappa shape index (κ1) is 9.97. The molecular weight excluding hydrogens is 222 g/mol. The topological polar surface area (TPSA) is 52.0 Å². The Kier molecular flexibility index (Phi) is 2.59. The predicted molar refractivity (Wildman–Crippen MR) is 51.4 cm³/mol. The number of nitrogens with two attached hydrogens (primary N) is 1. The van der Waals surface area contributed by atoms with E-state index in [-0.39, 0.29) is 15.8 Å². The minimum atomic E-state index is -0.726. The molecule has 0 spiro atoms. The first-order valence-corrected chi connectivity index (χ1v) is 4.80. The van der Waals surface area contributed by atoms with E-state index in [0.717, 1.165) is 23.9 Å². The van der Waals surface area contributed by atoms with Crippen LogP contribution in [0.4, 0.5) is 14.5 Å². The molecule has 1 aromatic heterocycles. The van der Waals surface area contributed by atoms with Crippen LogP contribution in [0.1, 0.15) is 0 Å². The molecule has 0 aliphatic heterocycles. The van der Waals surface area contributed by atoms with E-state index in [1.807, 2.05) is 0 Å². The van der Waals surface area contributed by atoms with E-state index >= 15 is 0 Å². The van der Waals surface area contributed by atoms with Crippen LogP contribution < -0.4 is 5.73 Å². The van der Waals surface area contributed by atoms with Crippen LogP contribution in [-0.2, 0) is 0 Å². The number of nitrogen functional groups attached to an aromatic ring is 1. The van der Waals surface area contributed by atoms with Crippen molar-refractivity contribution in [1.29, 1.82) is 0 Å². The maximum absolute atomic E-state index is 13.3. The summed E-state index contributed by atoms with van der Waals surface area (Å²) in [5.74, 6) is -1.45. The maximum Gasteiger partial charge on any atom is 0.260 e. The molecule has 78 valence electrons. The second-order valence-electron chi connectivity index (χ2n) is 2.71. The van der Waals surface area contributed by atoms with E-state index in [2.05, 4.69) is 4.98 Å². The van der Waals surface area contributed by atoms with Crippen LogP contribution in [0, 0.1) is 11.6 Å². The number of oxazole rings is 1. The van der Waals surface area contributed by atoms with Crippen molar-refractivity contribution in [1.82, 2.24) is 4.98 Å². The fraction of sp³-hybridized carbons (Fsp3) is 0. The highest BCUT2D eigenvalue weighted by molar-refractivity contribution is 7.99. The number of aromatic nitrogens is 1. The van der Waals surface area contributed by atoms with Gasteiger partial charge in [-0.05, 0) is 23.9 Å². The van der Waals surface area contributed by atoms with Gasteiger partial charge in [-0.2, -0.15) is 0 Å². The van der Waals surface area contributed by atoms with Crippen LogP contribution in [-0.4, -0.2) is 4.98 Å². The summed E-state index contributed by atoms with van der Waals surface area (Å²) >= 11 is 0.773. The molecule has 0 unspecified atom stereocenters. The number of halogens is 2. The first-order chi connectivity index (χ1) is 7.16. The molecule has 1 aromatic carbocycles. The molecule has 0 saturated carbocycles. The van der Waals surface area contributed by atoms with Gasteiger partial charge in [0.05, 0.1) is 11.1 Å². The van der Waals surface area contributed by atoms with Crippen molar-refractivity contribution in [3.63, 3.8) is 0 Å². The summed E-state index contributed by atoms with van der Waals surface area (Å²) in [7, 11) is 0. The van der Waals surface area contributed by atoms with E-state index in [1.54, 1.807) is 0 Å². The molecule has 0 atom stereocenters. The average Bonchev–Trinajstić information content (AvgIpc) is 2.63. The van der Waals surface area contributed by atoms with E-state index in [4.69, 9.17) is 10.2 Å². The molecule has 0 bridgehead atoms. The summed E-state index contributed by atoms with van der Waals surface area (Å²) in [6.45, 7) is 0. The molecule has 0 fully saturated rings. The number of anilines is 1. The lowest BCUT2D eigenvalue weighted by atomic mass is 10.3. The van der Waals surface area contributed by atoms with Gasteiger partial charge in [-0.15, -0.1) is 0 Å². The van der Waals surface area contributed by atoms with Gasteiger partial charge in [-0.25, -0.2) is 13.8 Å². The average molecular weight is 228 g/mol. The molecule has 15 heavy (non-hydrogen) atoms.